The molecule has 1 heterocycles. The number of primary amides is 1. The molecule has 1 aromatic carbocycles. The summed E-state index contributed by atoms with van der Waals surface area (Å²) in [6.07, 6.45) is 4.08. The molecular weight excluding hydrogens is 338 g/mol. The van der Waals surface area contributed by atoms with Crippen LogP contribution in [-0.4, -0.2) is 32.3 Å². The van der Waals surface area contributed by atoms with Crippen LogP contribution in [0.25, 0.3) is 0 Å². The Morgan fingerprint density at radius 2 is 2.08 bits per heavy atom. The molecule has 0 saturated heterocycles. The highest BCUT2D eigenvalue weighted by Crippen LogP contribution is 2.25. The number of benzene rings is 1. The zero-order chi connectivity index (χ0) is 17.8. The van der Waals surface area contributed by atoms with E-state index in [9.17, 15) is 9.59 Å². The predicted octanol–water partition coefficient (Wildman–Crippen LogP) is 1.45. The fraction of sp³-hybridized carbons (Fsp3) is 0.412. The van der Waals surface area contributed by atoms with Crippen molar-refractivity contribution in [1.82, 2.24) is 14.8 Å². The number of hydrogen-bond acceptors (Lipinski definition) is 5. The molecule has 0 unspecified atom stereocenters. The van der Waals surface area contributed by atoms with Crippen LogP contribution in [0.4, 0.5) is 5.69 Å². The minimum Gasteiger partial charge on any atom is -0.370 e. The number of hydrogen-bond donors (Lipinski definition) is 2. The zero-order valence-electron chi connectivity index (χ0n) is 14.1. The molecule has 2 amide bonds. The van der Waals surface area contributed by atoms with Crippen molar-refractivity contribution in [2.24, 2.45) is 12.8 Å². The number of nitrogens with one attached hydrogen (secondary N) is 1. The Hall–Kier alpha value is -2.35. The number of carbonyl (C=O) groups excluding carboxylic acids is 2. The Balaban J connectivity index is 1.53. The average Bonchev–Trinajstić information content (AvgIpc) is 3.17. The van der Waals surface area contributed by atoms with Gasteiger partial charge in [0.2, 0.25) is 11.8 Å². The number of carbonyl (C=O) groups is 2. The van der Waals surface area contributed by atoms with E-state index in [4.69, 9.17) is 5.73 Å². The Bertz CT molecular complexity index is 802. The predicted molar refractivity (Wildman–Crippen MR) is 96.3 cm³/mol. The maximum atomic E-state index is 12.2. The molecule has 132 valence electrons. The van der Waals surface area contributed by atoms with E-state index in [2.05, 4.69) is 27.6 Å². The first-order chi connectivity index (χ1) is 12.0. The third-order valence-corrected chi connectivity index (χ3v) is 5.25. The second kappa shape index (κ2) is 7.69. The molecule has 1 aliphatic rings. The maximum absolute atomic E-state index is 12.2. The molecule has 0 radical (unpaired) electrons. The number of aryl methyl sites for hydroxylation is 3. The van der Waals surface area contributed by atoms with Gasteiger partial charge in [-0.3, -0.25) is 9.59 Å². The largest absolute Gasteiger partial charge is 0.370 e. The molecule has 0 spiro atoms. The number of rotatable bonds is 7. The van der Waals surface area contributed by atoms with Gasteiger partial charge in [-0.2, -0.15) is 0 Å². The van der Waals surface area contributed by atoms with Gasteiger partial charge in [0.05, 0.1) is 5.75 Å². The first kappa shape index (κ1) is 17.5. The highest BCUT2D eigenvalue weighted by Gasteiger charge is 2.14. The van der Waals surface area contributed by atoms with Crippen molar-refractivity contribution in [1.29, 1.82) is 0 Å². The van der Waals surface area contributed by atoms with Crippen molar-refractivity contribution < 1.29 is 9.59 Å². The van der Waals surface area contributed by atoms with Crippen LogP contribution in [0.5, 0.6) is 0 Å². The topological polar surface area (TPSA) is 103 Å². The van der Waals surface area contributed by atoms with E-state index in [1.165, 1.54) is 29.3 Å². The molecule has 25 heavy (non-hydrogen) atoms. The minimum absolute atomic E-state index is 0.0790. The van der Waals surface area contributed by atoms with Crippen molar-refractivity contribution in [3.05, 3.63) is 35.2 Å². The van der Waals surface area contributed by atoms with Gasteiger partial charge in [-0.25, -0.2) is 0 Å². The van der Waals surface area contributed by atoms with Gasteiger partial charge in [0.25, 0.3) is 0 Å². The first-order valence-electron chi connectivity index (χ1n) is 8.24. The molecule has 0 fully saturated rings. The SMILES string of the molecule is Cn1c(CCC(N)=O)nnc1SCC(=O)Nc1ccc2c(c1)CCC2. The van der Waals surface area contributed by atoms with E-state index in [0.29, 0.717) is 17.4 Å². The number of anilines is 1. The van der Waals surface area contributed by atoms with E-state index in [1.807, 2.05) is 13.1 Å². The number of nitrogens with zero attached hydrogens (tertiary/aromatic N) is 3. The van der Waals surface area contributed by atoms with Crippen molar-refractivity contribution in [3.8, 4) is 0 Å². The highest BCUT2D eigenvalue weighted by atomic mass is 32.2. The summed E-state index contributed by atoms with van der Waals surface area (Å²) in [4.78, 5) is 23.0. The van der Waals surface area contributed by atoms with Gasteiger partial charge in [0.15, 0.2) is 5.16 Å². The molecule has 0 bridgehead atoms. The number of fused-ring (bicyclic) bond motifs is 1. The summed E-state index contributed by atoms with van der Waals surface area (Å²) in [7, 11) is 1.82. The van der Waals surface area contributed by atoms with Crippen LogP contribution in [0.1, 0.15) is 29.8 Å². The van der Waals surface area contributed by atoms with Gasteiger partial charge in [0, 0.05) is 25.6 Å². The monoisotopic (exact) mass is 359 g/mol. The first-order valence-corrected chi connectivity index (χ1v) is 9.22. The van der Waals surface area contributed by atoms with Crippen molar-refractivity contribution >= 4 is 29.3 Å². The third-order valence-electron chi connectivity index (χ3n) is 4.23. The van der Waals surface area contributed by atoms with Crippen molar-refractivity contribution in [2.45, 2.75) is 37.3 Å². The molecule has 0 atom stereocenters. The molecular formula is C17H21N5O2S. The van der Waals surface area contributed by atoms with E-state index >= 15 is 0 Å². The normalized spacial score (nSPS) is 12.8. The van der Waals surface area contributed by atoms with Crippen LogP contribution >= 0.6 is 11.8 Å². The molecule has 3 N–H and O–H groups in total. The molecule has 0 saturated carbocycles. The van der Waals surface area contributed by atoms with Gasteiger partial charge in [-0.1, -0.05) is 17.8 Å². The number of aromatic nitrogens is 3. The Morgan fingerprint density at radius 1 is 1.28 bits per heavy atom. The second-order valence-corrected chi connectivity index (χ2v) is 7.04. The fourth-order valence-corrected chi connectivity index (χ4v) is 3.63. The smallest absolute Gasteiger partial charge is 0.234 e. The average molecular weight is 359 g/mol. The van der Waals surface area contributed by atoms with E-state index in [-0.39, 0.29) is 24.0 Å². The molecule has 1 aliphatic carbocycles. The Labute approximate surface area is 150 Å². The number of nitrogens with two attached hydrogens (primary N) is 1. The van der Waals surface area contributed by atoms with Crippen LogP contribution in [0.2, 0.25) is 0 Å². The quantitative estimate of drug-likeness (QED) is 0.729. The van der Waals surface area contributed by atoms with E-state index < -0.39 is 0 Å². The van der Waals surface area contributed by atoms with Crippen LogP contribution in [-0.2, 0) is 35.9 Å². The lowest BCUT2D eigenvalue weighted by Crippen LogP contribution is -2.15. The van der Waals surface area contributed by atoms with Crippen molar-refractivity contribution in [2.75, 3.05) is 11.1 Å². The second-order valence-electron chi connectivity index (χ2n) is 6.10. The van der Waals surface area contributed by atoms with Gasteiger partial charge in [-0.05, 0) is 42.5 Å². The highest BCUT2D eigenvalue weighted by molar-refractivity contribution is 7.99. The van der Waals surface area contributed by atoms with Gasteiger partial charge in [-0.15, -0.1) is 10.2 Å². The number of thioether (sulfide) groups is 1. The Morgan fingerprint density at radius 3 is 2.88 bits per heavy atom. The van der Waals surface area contributed by atoms with Crippen LogP contribution in [0.3, 0.4) is 0 Å². The summed E-state index contributed by atoms with van der Waals surface area (Å²) >= 11 is 1.32. The van der Waals surface area contributed by atoms with E-state index in [1.54, 1.807) is 4.57 Å². The van der Waals surface area contributed by atoms with Crippen LogP contribution < -0.4 is 11.1 Å². The van der Waals surface area contributed by atoms with E-state index in [0.717, 1.165) is 18.5 Å². The fourth-order valence-electron chi connectivity index (χ4n) is 2.90. The Kier molecular flexibility index (Phi) is 5.37. The molecule has 2 aromatic rings. The molecule has 8 heteroatoms. The van der Waals surface area contributed by atoms with Crippen molar-refractivity contribution in [3.63, 3.8) is 0 Å². The number of amides is 2. The lowest BCUT2D eigenvalue weighted by atomic mass is 10.1. The maximum Gasteiger partial charge on any atom is 0.234 e. The summed E-state index contributed by atoms with van der Waals surface area (Å²) in [5, 5.41) is 11.7. The minimum atomic E-state index is -0.370. The summed E-state index contributed by atoms with van der Waals surface area (Å²) < 4.78 is 1.79. The van der Waals surface area contributed by atoms with Gasteiger partial charge in [0.1, 0.15) is 5.82 Å². The third kappa shape index (κ3) is 4.39. The lowest BCUT2D eigenvalue weighted by Gasteiger charge is -2.07. The molecule has 1 aromatic heterocycles. The summed E-state index contributed by atoms with van der Waals surface area (Å²) in [6.45, 7) is 0. The zero-order valence-corrected chi connectivity index (χ0v) is 14.9. The summed E-state index contributed by atoms with van der Waals surface area (Å²) in [6, 6.07) is 6.12. The van der Waals surface area contributed by atoms with Gasteiger partial charge >= 0.3 is 0 Å². The standard InChI is InChI=1S/C17H21N5O2S/c1-22-15(8-7-14(18)23)20-21-17(22)25-10-16(24)19-13-6-5-11-3-2-4-12(11)9-13/h5-6,9H,2-4,7-8,10H2,1H3,(H2,18,23)(H,19,24). The summed E-state index contributed by atoms with van der Waals surface area (Å²) in [5.74, 6) is 0.481. The lowest BCUT2D eigenvalue weighted by molar-refractivity contribution is -0.118. The van der Waals surface area contributed by atoms with Gasteiger partial charge < -0.3 is 15.6 Å². The summed E-state index contributed by atoms with van der Waals surface area (Å²) in [5.41, 5.74) is 8.70. The molecule has 0 aliphatic heterocycles. The van der Waals surface area contributed by atoms with Crippen LogP contribution in [0, 0.1) is 0 Å². The molecule has 7 nitrogen and oxygen atoms in total. The van der Waals surface area contributed by atoms with Crippen LogP contribution in [0.15, 0.2) is 23.4 Å². The molecule has 3 rings (SSSR count).